The molecular formula is C24H23N3O4S. The van der Waals surface area contributed by atoms with Gasteiger partial charge in [-0.2, -0.15) is 0 Å². The second-order valence-electron chi connectivity index (χ2n) is 8.01. The third-order valence-electron chi connectivity index (χ3n) is 6.08. The average molecular weight is 450 g/mol. The molecule has 0 unspecified atom stereocenters. The number of esters is 1. The maximum absolute atomic E-state index is 12.9. The second kappa shape index (κ2) is 7.94. The molecule has 0 radical (unpaired) electrons. The quantitative estimate of drug-likeness (QED) is 0.607. The van der Waals surface area contributed by atoms with E-state index < -0.39 is 11.9 Å². The number of methoxy groups -OCH3 is 1. The van der Waals surface area contributed by atoms with E-state index in [0.717, 1.165) is 26.4 Å². The summed E-state index contributed by atoms with van der Waals surface area (Å²) < 4.78 is 12.8. The molecule has 164 valence electrons. The van der Waals surface area contributed by atoms with E-state index in [1.165, 1.54) is 7.11 Å². The van der Waals surface area contributed by atoms with Crippen LogP contribution < -0.4 is 5.73 Å². The molecule has 0 amide bonds. The lowest BCUT2D eigenvalue weighted by Gasteiger charge is -2.31. The number of carbonyl (C=O) groups excluding carboxylic acids is 2. The van der Waals surface area contributed by atoms with Crippen LogP contribution >= 0.6 is 11.3 Å². The molecule has 0 saturated heterocycles. The molecule has 32 heavy (non-hydrogen) atoms. The lowest BCUT2D eigenvalue weighted by atomic mass is 9.80. The van der Waals surface area contributed by atoms with Crippen molar-refractivity contribution in [2.75, 3.05) is 7.11 Å². The predicted molar refractivity (Wildman–Crippen MR) is 121 cm³/mol. The molecule has 1 aliphatic carbocycles. The molecule has 5 rings (SSSR count). The summed E-state index contributed by atoms with van der Waals surface area (Å²) in [7, 11) is 1.31. The Hall–Kier alpha value is -3.39. The first-order valence-corrected chi connectivity index (χ1v) is 11.3. The first-order valence-electron chi connectivity index (χ1n) is 10.5. The van der Waals surface area contributed by atoms with E-state index in [4.69, 9.17) is 15.2 Å². The molecule has 2 aromatic heterocycles. The molecule has 0 bridgehead atoms. The highest BCUT2D eigenvalue weighted by Crippen LogP contribution is 2.46. The highest BCUT2D eigenvalue weighted by molar-refractivity contribution is 7.12. The molecule has 1 aliphatic heterocycles. The van der Waals surface area contributed by atoms with Gasteiger partial charge in [0, 0.05) is 28.2 Å². The number of nitrogens with zero attached hydrogens (tertiary/aromatic N) is 2. The van der Waals surface area contributed by atoms with Crippen molar-refractivity contribution in [3.8, 4) is 0 Å². The Bertz CT molecular complexity index is 1310. The summed E-state index contributed by atoms with van der Waals surface area (Å²) in [6.45, 7) is 2.68. The van der Waals surface area contributed by atoms with E-state index in [-0.39, 0.29) is 17.2 Å². The zero-order valence-corrected chi connectivity index (χ0v) is 18.7. The third-order valence-corrected chi connectivity index (χ3v) is 7.24. The first-order chi connectivity index (χ1) is 15.5. The van der Waals surface area contributed by atoms with Crippen molar-refractivity contribution in [3.63, 3.8) is 0 Å². The SMILES string of the molecule is COC(=O)C1=C(N)OC2=C(C(=O)CCC2)[C@H]1c1cc(Cn2cnc3ccccc32)c(C)s1. The van der Waals surface area contributed by atoms with E-state index in [9.17, 15) is 9.59 Å². The number of rotatable bonds is 4. The van der Waals surface area contributed by atoms with E-state index in [2.05, 4.69) is 15.6 Å². The number of thiophene rings is 1. The van der Waals surface area contributed by atoms with Gasteiger partial charge in [-0.05, 0) is 37.1 Å². The molecule has 0 fully saturated rings. The van der Waals surface area contributed by atoms with Crippen LogP contribution in [0.5, 0.6) is 0 Å². The van der Waals surface area contributed by atoms with Crippen LogP contribution in [0, 0.1) is 6.92 Å². The Morgan fingerprint density at radius 3 is 2.97 bits per heavy atom. The number of ether oxygens (including phenoxy) is 2. The van der Waals surface area contributed by atoms with Gasteiger partial charge in [0.15, 0.2) is 5.78 Å². The Morgan fingerprint density at radius 1 is 1.34 bits per heavy atom. The van der Waals surface area contributed by atoms with Crippen molar-refractivity contribution in [1.82, 2.24) is 9.55 Å². The van der Waals surface area contributed by atoms with Gasteiger partial charge in [-0.3, -0.25) is 4.79 Å². The Kier molecular flexibility index (Phi) is 5.09. The number of benzene rings is 1. The van der Waals surface area contributed by atoms with Crippen LogP contribution in [-0.4, -0.2) is 28.4 Å². The van der Waals surface area contributed by atoms with E-state index >= 15 is 0 Å². The number of aryl methyl sites for hydroxylation is 1. The van der Waals surface area contributed by atoms with Gasteiger partial charge in [-0.25, -0.2) is 9.78 Å². The Labute approximate surface area is 189 Å². The van der Waals surface area contributed by atoms with Gasteiger partial charge in [0.05, 0.1) is 36.9 Å². The number of Topliss-reactive ketones (excluding diaryl/α,β-unsaturated/α-hetero) is 1. The fourth-order valence-electron chi connectivity index (χ4n) is 4.51. The largest absolute Gasteiger partial charge is 0.465 e. The standard InChI is InChI=1S/C24H23N3O4S/c1-13-14(11-27-12-26-15-6-3-4-7-16(15)27)10-19(32-13)21-20-17(28)8-5-9-18(20)31-23(25)22(21)24(29)30-2/h3-4,6-7,10,12,21H,5,8-9,11,25H2,1-2H3/t21-/m1/s1. The van der Waals surface area contributed by atoms with Crippen molar-refractivity contribution in [2.24, 2.45) is 5.73 Å². The topological polar surface area (TPSA) is 96.4 Å². The monoisotopic (exact) mass is 449 g/mol. The molecule has 2 N–H and O–H groups in total. The molecule has 0 spiro atoms. The number of aromatic nitrogens is 2. The van der Waals surface area contributed by atoms with E-state index in [1.54, 1.807) is 11.3 Å². The maximum atomic E-state index is 12.9. The zero-order chi connectivity index (χ0) is 22.4. The van der Waals surface area contributed by atoms with Crippen LogP contribution in [0.25, 0.3) is 11.0 Å². The predicted octanol–water partition coefficient (Wildman–Crippen LogP) is 3.92. The summed E-state index contributed by atoms with van der Waals surface area (Å²) in [6.07, 6.45) is 3.61. The first kappa shape index (κ1) is 20.5. The Balaban J connectivity index is 1.59. The molecule has 3 heterocycles. The number of fused-ring (bicyclic) bond motifs is 1. The minimum absolute atomic E-state index is 0.00152. The number of nitrogens with two attached hydrogens (primary N) is 1. The van der Waals surface area contributed by atoms with Crippen LogP contribution in [0.1, 0.15) is 40.5 Å². The lowest BCUT2D eigenvalue weighted by molar-refractivity contribution is -0.136. The minimum Gasteiger partial charge on any atom is -0.465 e. The van der Waals surface area contributed by atoms with Crippen molar-refractivity contribution < 1.29 is 19.1 Å². The number of carbonyl (C=O) groups is 2. The molecule has 1 aromatic carbocycles. The fourth-order valence-corrected chi connectivity index (χ4v) is 5.68. The van der Waals surface area contributed by atoms with Crippen LogP contribution in [0.2, 0.25) is 0 Å². The number of ketones is 1. The Morgan fingerprint density at radius 2 is 2.16 bits per heavy atom. The molecule has 0 saturated carbocycles. The average Bonchev–Trinajstić information content (AvgIpc) is 3.36. The fraction of sp³-hybridized carbons (Fsp3) is 0.292. The molecule has 3 aromatic rings. The maximum Gasteiger partial charge on any atom is 0.340 e. The van der Waals surface area contributed by atoms with Gasteiger partial charge in [-0.1, -0.05) is 12.1 Å². The molecule has 2 aliphatic rings. The van der Waals surface area contributed by atoms with E-state index in [0.29, 0.717) is 37.1 Å². The normalized spacial score (nSPS) is 18.7. The van der Waals surface area contributed by atoms with Crippen LogP contribution in [-0.2, 0) is 25.6 Å². The van der Waals surface area contributed by atoms with Crippen LogP contribution in [0.15, 0.2) is 59.4 Å². The highest BCUT2D eigenvalue weighted by Gasteiger charge is 2.42. The van der Waals surface area contributed by atoms with Crippen molar-refractivity contribution in [2.45, 2.75) is 38.6 Å². The molecule has 1 atom stereocenters. The summed E-state index contributed by atoms with van der Waals surface area (Å²) in [5.74, 6) is -0.562. The molecule has 7 nitrogen and oxygen atoms in total. The van der Waals surface area contributed by atoms with Gasteiger partial charge >= 0.3 is 5.97 Å². The number of imidazole rings is 1. The second-order valence-corrected chi connectivity index (χ2v) is 9.30. The summed E-state index contributed by atoms with van der Waals surface area (Å²) in [5, 5.41) is 0. The molecule has 8 heteroatoms. The van der Waals surface area contributed by atoms with Gasteiger partial charge < -0.3 is 19.8 Å². The van der Waals surface area contributed by atoms with Crippen LogP contribution in [0.3, 0.4) is 0 Å². The third kappa shape index (κ3) is 3.31. The smallest absolute Gasteiger partial charge is 0.340 e. The highest BCUT2D eigenvalue weighted by atomic mass is 32.1. The van der Waals surface area contributed by atoms with Gasteiger partial charge in [0.1, 0.15) is 11.3 Å². The van der Waals surface area contributed by atoms with Gasteiger partial charge in [-0.15, -0.1) is 11.3 Å². The lowest BCUT2D eigenvalue weighted by Crippen LogP contribution is -2.30. The number of hydrogen-bond acceptors (Lipinski definition) is 7. The zero-order valence-electron chi connectivity index (χ0n) is 17.9. The van der Waals surface area contributed by atoms with E-state index in [1.807, 2.05) is 37.5 Å². The summed E-state index contributed by atoms with van der Waals surface area (Å²) in [4.78, 5) is 32.0. The van der Waals surface area contributed by atoms with Gasteiger partial charge in [0.25, 0.3) is 0 Å². The van der Waals surface area contributed by atoms with Crippen molar-refractivity contribution in [3.05, 3.63) is 74.8 Å². The minimum atomic E-state index is -0.578. The number of allylic oxidation sites excluding steroid dienone is 2. The van der Waals surface area contributed by atoms with Crippen LogP contribution in [0.4, 0.5) is 0 Å². The summed E-state index contributed by atoms with van der Waals surface area (Å²) in [5.41, 5.74) is 9.99. The summed E-state index contributed by atoms with van der Waals surface area (Å²) in [6, 6.07) is 10.1. The van der Waals surface area contributed by atoms with Gasteiger partial charge in [0.2, 0.25) is 5.88 Å². The number of para-hydroxylation sites is 2. The summed E-state index contributed by atoms with van der Waals surface area (Å²) >= 11 is 1.57. The number of hydrogen-bond donors (Lipinski definition) is 1. The van der Waals surface area contributed by atoms with Crippen molar-refractivity contribution in [1.29, 1.82) is 0 Å². The van der Waals surface area contributed by atoms with Crippen molar-refractivity contribution >= 4 is 34.1 Å². The molecular weight excluding hydrogens is 426 g/mol.